The SMILES string of the molecule is Nc1ncc(-c2cc3n(n2)CCC32CNC2)cc1OC(F)F. The summed E-state index contributed by atoms with van der Waals surface area (Å²) in [5.41, 5.74) is 8.24. The molecule has 1 fully saturated rings. The molecule has 116 valence electrons. The normalized spacial score (nSPS) is 18.5. The number of anilines is 1. The minimum atomic E-state index is -2.93. The van der Waals surface area contributed by atoms with Crippen LogP contribution in [0.1, 0.15) is 12.1 Å². The van der Waals surface area contributed by atoms with Gasteiger partial charge in [0.2, 0.25) is 0 Å². The zero-order valence-corrected chi connectivity index (χ0v) is 11.7. The average Bonchev–Trinajstić information content (AvgIpc) is 2.97. The molecule has 4 heterocycles. The fourth-order valence-corrected chi connectivity index (χ4v) is 3.17. The van der Waals surface area contributed by atoms with Crippen LogP contribution in [0.5, 0.6) is 5.75 Å². The van der Waals surface area contributed by atoms with E-state index < -0.39 is 6.61 Å². The first-order chi connectivity index (χ1) is 10.6. The van der Waals surface area contributed by atoms with Gasteiger partial charge in [-0.1, -0.05) is 0 Å². The van der Waals surface area contributed by atoms with Crippen molar-refractivity contribution in [3.63, 3.8) is 0 Å². The summed E-state index contributed by atoms with van der Waals surface area (Å²) in [6.07, 6.45) is 2.61. The van der Waals surface area contributed by atoms with Crippen LogP contribution >= 0.6 is 0 Å². The van der Waals surface area contributed by atoms with Gasteiger partial charge in [0.05, 0.1) is 5.69 Å². The molecule has 0 aliphatic carbocycles. The van der Waals surface area contributed by atoms with Gasteiger partial charge in [-0.3, -0.25) is 4.68 Å². The highest BCUT2D eigenvalue weighted by molar-refractivity contribution is 5.64. The number of aryl methyl sites for hydroxylation is 1. The zero-order chi connectivity index (χ0) is 15.3. The van der Waals surface area contributed by atoms with E-state index in [1.54, 1.807) is 0 Å². The van der Waals surface area contributed by atoms with Crippen LogP contribution in [0.15, 0.2) is 18.3 Å². The van der Waals surface area contributed by atoms with E-state index in [0.29, 0.717) is 11.3 Å². The van der Waals surface area contributed by atoms with Crippen molar-refractivity contribution in [1.29, 1.82) is 0 Å². The summed E-state index contributed by atoms with van der Waals surface area (Å²) in [6, 6.07) is 3.46. The van der Waals surface area contributed by atoms with Crippen molar-refractivity contribution in [2.24, 2.45) is 0 Å². The third-order valence-corrected chi connectivity index (χ3v) is 4.45. The Kier molecular flexibility index (Phi) is 2.83. The van der Waals surface area contributed by atoms with Crippen molar-refractivity contribution >= 4 is 5.82 Å². The summed E-state index contributed by atoms with van der Waals surface area (Å²) < 4.78 is 31.2. The van der Waals surface area contributed by atoms with Crippen molar-refractivity contribution < 1.29 is 13.5 Å². The highest BCUT2D eigenvalue weighted by Gasteiger charge is 2.45. The van der Waals surface area contributed by atoms with Gasteiger partial charge in [-0.25, -0.2) is 4.98 Å². The van der Waals surface area contributed by atoms with Crippen LogP contribution in [0.25, 0.3) is 11.3 Å². The quantitative estimate of drug-likeness (QED) is 0.895. The lowest BCUT2D eigenvalue weighted by Crippen LogP contribution is -2.55. The number of fused-ring (bicyclic) bond motifs is 2. The van der Waals surface area contributed by atoms with E-state index in [9.17, 15) is 8.78 Å². The van der Waals surface area contributed by atoms with Crippen molar-refractivity contribution in [3.05, 3.63) is 24.0 Å². The molecule has 2 aromatic rings. The van der Waals surface area contributed by atoms with E-state index in [1.165, 1.54) is 18.0 Å². The largest absolute Gasteiger partial charge is 0.431 e. The molecular formula is C14H15F2N5O. The Morgan fingerprint density at radius 3 is 2.86 bits per heavy atom. The summed E-state index contributed by atoms with van der Waals surface area (Å²) in [4.78, 5) is 3.92. The summed E-state index contributed by atoms with van der Waals surface area (Å²) in [6.45, 7) is -0.147. The lowest BCUT2D eigenvalue weighted by atomic mass is 9.77. The number of rotatable bonds is 3. The molecule has 0 radical (unpaired) electrons. The molecule has 0 amide bonds. The number of halogens is 2. The number of alkyl halides is 2. The average molecular weight is 307 g/mol. The Hall–Kier alpha value is -2.22. The summed E-state index contributed by atoms with van der Waals surface area (Å²) in [7, 11) is 0. The van der Waals surface area contributed by atoms with E-state index in [1.807, 2.05) is 10.7 Å². The van der Waals surface area contributed by atoms with Crippen LogP contribution in [-0.4, -0.2) is 34.5 Å². The molecule has 2 aliphatic heterocycles. The van der Waals surface area contributed by atoms with Crippen LogP contribution in [0, 0.1) is 0 Å². The number of hydrogen-bond acceptors (Lipinski definition) is 5. The standard InChI is InChI=1S/C14H15F2N5O/c15-13(16)22-10-3-8(5-19-12(10)17)9-4-11-14(6-18-7-14)1-2-21(11)20-9/h3-5,13,18H,1-2,6-7H2,(H2,17,19). The van der Waals surface area contributed by atoms with Gasteiger partial charge >= 0.3 is 6.61 Å². The third-order valence-electron chi connectivity index (χ3n) is 4.45. The molecule has 2 aliphatic rings. The fraction of sp³-hybridized carbons (Fsp3) is 0.429. The number of pyridine rings is 1. The van der Waals surface area contributed by atoms with Gasteiger partial charge in [-0.15, -0.1) is 0 Å². The van der Waals surface area contributed by atoms with E-state index in [4.69, 9.17) is 5.73 Å². The molecule has 22 heavy (non-hydrogen) atoms. The number of aromatic nitrogens is 3. The Bertz CT molecular complexity index is 726. The molecule has 1 spiro atoms. The molecule has 0 saturated carbocycles. The van der Waals surface area contributed by atoms with Crippen LogP contribution in [0.4, 0.5) is 14.6 Å². The smallest absolute Gasteiger partial charge is 0.387 e. The topological polar surface area (TPSA) is 78.0 Å². The van der Waals surface area contributed by atoms with Gasteiger partial charge < -0.3 is 15.8 Å². The van der Waals surface area contributed by atoms with E-state index >= 15 is 0 Å². The summed E-state index contributed by atoms with van der Waals surface area (Å²) in [5.74, 6) is -0.184. The minimum absolute atomic E-state index is 0.0598. The highest BCUT2D eigenvalue weighted by atomic mass is 19.3. The molecule has 0 unspecified atom stereocenters. The van der Waals surface area contributed by atoms with Crippen molar-refractivity contribution in [1.82, 2.24) is 20.1 Å². The molecule has 0 atom stereocenters. The lowest BCUT2D eigenvalue weighted by molar-refractivity contribution is -0.0494. The zero-order valence-electron chi connectivity index (χ0n) is 11.7. The van der Waals surface area contributed by atoms with Gasteiger partial charge in [0.15, 0.2) is 11.6 Å². The number of ether oxygens (including phenoxy) is 1. The number of nitrogens with one attached hydrogen (secondary N) is 1. The van der Waals surface area contributed by atoms with Crippen molar-refractivity contribution in [3.8, 4) is 17.0 Å². The summed E-state index contributed by atoms with van der Waals surface area (Å²) in [5, 5.41) is 7.85. The third kappa shape index (κ3) is 1.94. The minimum Gasteiger partial charge on any atom is -0.431 e. The second kappa shape index (κ2) is 4.64. The molecule has 0 bridgehead atoms. The monoisotopic (exact) mass is 307 g/mol. The maximum atomic E-state index is 12.4. The second-order valence-electron chi connectivity index (χ2n) is 5.76. The van der Waals surface area contributed by atoms with Crippen LogP contribution in [0.3, 0.4) is 0 Å². The Balaban J connectivity index is 1.70. The van der Waals surface area contributed by atoms with Gasteiger partial charge in [-0.2, -0.15) is 13.9 Å². The van der Waals surface area contributed by atoms with Crippen LogP contribution in [-0.2, 0) is 12.0 Å². The van der Waals surface area contributed by atoms with Crippen molar-refractivity contribution in [2.75, 3.05) is 18.8 Å². The predicted molar refractivity (Wildman–Crippen MR) is 75.7 cm³/mol. The van der Waals surface area contributed by atoms with Gasteiger partial charge in [0.25, 0.3) is 0 Å². The Morgan fingerprint density at radius 2 is 2.18 bits per heavy atom. The maximum Gasteiger partial charge on any atom is 0.387 e. The van der Waals surface area contributed by atoms with Crippen LogP contribution in [0.2, 0.25) is 0 Å². The van der Waals surface area contributed by atoms with Gasteiger partial charge in [0.1, 0.15) is 0 Å². The summed E-state index contributed by atoms with van der Waals surface area (Å²) >= 11 is 0. The highest BCUT2D eigenvalue weighted by Crippen LogP contribution is 2.40. The number of nitrogens with two attached hydrogens (primary N) is 1. The lowest BCUT2D eigenvalue weighted by Gasteiger charge is -2.38. The van der Waals surface area contributed by atoms with Crippen LogP contribution < -0.4 is 15.8 Å². The van der Waals surface area contributed by atoms with E-state index in [-0.39, 0.29) is 17.0 Å². The molecule has 0 aromatic carbocycles. The molecule has 3 N–H and O–H groups in total. The van der Waals surface area contributed by atoms with Gasteiger partial charge in [0, 0.05) is 42.5 Å². The van der Waals surface area contributed by atoms with Gasteiger partial charge in [-0.05, 0) is 18.6 Å². The molecule has 8 heteroatoms. The number of hydrogen-bond donors (Lipinski definition) is 2. The first kappa shape index (κ1) is 13.4. The fourth-order valence-electron chi connectivity index (χ4n) is 3.17. The first-order valence-corrected chi connectivity index (χ1v) is 7.07. The Morgan fingerprint density at radius 1 is 1.36 bits per heavy atom. The molecule has 4 rings (SSSR count). The second-order valence-corrected chi connectivity index (χ2v) is 5.76. The Labute approximate surface area is 125 Å². The number of nitrogen functional groups attached to an aromatic ring is 1. The molecule has 1 saturated heterocycles. The van der Waals surface area contributed by atoms with E-state index in [0.717, 1.165) is 26.1 Å². The molecule has 6 nitrogen and oxygen atoms in total. The van der Waals surface area contributed by atoms with Crippen molar-refractivity contribution in [2.45, 2.75) is 25.0 Å². The molecule has 2 aromatic heterocycles. The first-order valence-electron chi connectivity index (χ1n) is 7.07. The van der Waals surface area contributed by atoms with E-state index in [2.05, 4.69) is 20.1 Å². The predicted octanol–water partition coefficient (Wildman–Crippen LogP) is 1.37. The number of nitrogens with zero attached hydrogens (tertiary/aromatic N) is 3. The molecular weight excluding hydrogens is 292 g/mol. The maximum absolute atomic E-state index is 12.4.